The summed E-state index contributed by atoms with van der Waals surface area (Å²) in [6.07, 6.45) is 1.34. The maximum absolute atomic E-state index is 14.0. The summed E-state index contributed by atoms with van der Waals surface area (Å²) < 4.78 is 27.8. The topological polar surface area (TPSA) is 45.8 Å². The Balaban J connectivity index is 2.65. The molecule has 0 unspecified atom stereocenters. The van der Waals surface area contributed by atoms with Crippen molar-refractivity contribution in [3.8, 4) is 11.3 Å². The number of halogens is 2. The lowest BCUT2D eigenvalue weighted by atomic mass is 10.1. The van der Waals surface area contributed by atoms with Gasteiger partial charge in [-0.2, -0.15) is 0 Å². The predicted molar refractivity (Wildman–Crippen MR) is 68.9 cm³/mol. The molecule has 0 fully saturated rings. The molecule has 1 aromatic heterocycles. The number of hydrogen-bond donors (Lipinski definition) is 1. The van der Waals surface area contributed by atoms with E-state index in [-0.39, 0.29) is 11.3 Å². The van der Waals surface area contributed by atoms with Crippen LogP contribution >= 0.6 is 0 Å². The van der Waals surface area contributed by atoms with Crippen LogP contribution in [-0.2, 0) is 6.42 Å². The minimum Gasteiger partial charge on any atom is -0.311 e. The summed E-state index contributed by atoms with van der Waals surface area (Å²) in [4.78, 5) is 18.2. The summed E-state index contributed by atoms with van der Waals surface area (Å²) in [6, 6.07) is 3.64. The average Bonchev–Trinajstić information content (AvgIpc) is 2.34. The van der Waals surface area contributed by atoms with E-state index in [0.29, 0.717) is 17.8 Å². The van der Waals surface area contributed by atoms with Crippen LogP contribution in [0.1, 0.15) is 24.7 Å². The molecule has 0 bridgehead atoms. The van der Waals surface area contributed by atoms with Gasteiger partial charge in [-0.05, 0) is 25.0 Å². The predicted octanol–water partition coefficient (Wildman–Crippen LogP) is 2.98. The zero-order chi connectivity index (χ0) is 14.0. The summed E-state index contributed by atoms with van der Waals surface area (Å²) in [5.74, 6) is -0.963. The molecule has 2 rings (SSSR count). The van der Waals surface area contributed by atoms with Crippen LogP contribution in [0.5, 0.6) is 0 Å². The summed E-state index contributed by atoms with van der Waals surface area (Å²) >= 11 is 0. The maximum Gasteiger partial charge on any atom is 0.251 e. The Kier molecular flexibility index (Phi) is 3.74. The minimum atomic E-state index is -0.719. The van der Waals surface area contributed by atoms with E-state index < -0.39 is 17.2 Å². The molecule has 0 aliphatic heterocycles. The summed E-state index contributed by atoms with van der Waals surface area (Å²) in [7, 11) is 0. The van der Waals surface area contributed by atoms with Gasteiger partial charge in [-0.15, -0.1) is 0 Å². The standard InChI is InChI=1S/C14H14F2N2O/c1-3-4-11-17-10(7-12(19)18-11)13-9(15)6-5-8(2)14(13)16/h5-7H,3-4H2,1-2H3,(H,17,18,19). The van der Waals surface area contributed by atoms with Crippen LogP contribution < -0.4 is 5.56 Å². The van der Waals surface area contributed by atoms with Crippen molar-refractivity contribution in [3.63, 3.8) is 0 Å². The van der Waals surface area contributed by atoms with Crippen molar-refractivity contribution in [2.75, 3.05) is 0 Å². The molecule has 5 heteroatoms. The van der Waals surface area contributed by atoms with Gasteiger partial charge >= 0.3 is 0 Å². The third-order valence-corrected chi connectivity index (χ3v) is 2.82. The van der Waals surface area contributed by atoms with Gasteiger partial charge in [0.15, 0.2) is 0 Å². The molecule has 100 valence electrons. The van der Waals surface area contributed by atoms with Crippen LogP contribution in [0.2, 0.25) is 0 Å². The molecule has 0 saturated carbocycles. The highest BCUT2D eigenvalue weighted by atomic mass is 19.1. The van der Waals surface area contributed by atoms with Crippen molar-refractivity contribution >= 4 is 0 Å². The van der Waals surface area contributed by atoms with Gasteiger partial charge < -0.3 is 4.98 Å². The lowest BCUT2D eigenvalue weighted by Crippen LogP contribution is -2.12. The lowest BCUT2D eigenvalue weighted by molar-refractivity contribution is 0.582. The van der Waals surface area contributed by atoms with Crippen molar-refractivity contribution in [1.29, 1.82) is 0 Å². The first-order valence-corrected chi connectivity index (χ1v) is 6.08. The molecule has 0 aliphatic rings. The van der Waals surface area contributed by atoms with Crippen molar-refractivity contribution in [2.24, 2.45) is 0 Å². The highest BCUT2D eigenvalue weighted by molar-refractivity contribution is 5.61. The van der Waals surface area contributed by atoms with E-state index in [1.165, 1.54) is 12.1 Å². The highest BCUT2D eigenvalue weighted by Crippen LogP contribution is 2.25. The molecule has 0 amide bonds. The van der Waals surface area contributed by atoms with Gasteiger partial charge in [-0.3, -0.25) is 4.79 Å². The SMILES string of the molecule is CCCc1nc(-c2c(F)ccc(C)c2F)cc(=O)[nH]1. The number of aryl methyl sites for hydroxylation is 2. The number of aromatic amines is 1. The van der Waals surface area contributed by atoms with E-state index >= 15 is 0 Å². The number of aromatic nitrogens is 2. The summed E-state index contributed by atoms with van der Waals surface area (Å²) in [5.41, 5.74) is -0.307. The van der Waals surface area contributed by atoms with Crippen LogP contribution in [0.25, 0.3) is 11.3 Å². The Morgan fingerprint density at radius 2 is 2.05 bits per heavy atom. The van der Waals surface area contributed by atoms with Crippen LogP contribution in [0.4, 0.5) is 8.78 Å². The number of hydrogen-bond acceptors (Lipinski definition) is 2. The van der Waals surface area contributed by atoms with E-state index in [9.17, 15) is 13.6 Å². The second-order valence-corrected chi connectivity index (χ2v) is 4.38. The number of nitrogens with zero attached hydrogens (tertiary/aromatic N) is 1. The van der Waals surface area contributed by atoms with Crippen LogP contribution in [0.15, 0.2) is 23.0 Å². The zero-order valence-electron chi connectivity index (χ0n) is 10.8. The molecule has 0 aliphatic carbocycles. The van der Waals surface area contributed by atoms with Crippen molar-refractivity contribution < 1.29 is 8.78 Å². The lowest BCUT2D eigenvalue weighted by Gasteiger charge is -2.08. The van der Waals surface area contributed by atoms with Gasteiger partial charge in [0.1, 0.15) is 17.5 Å². The number of rotatable bonds is 3. The third kappa shape index (κ3) is 2.70. The average molecular weight is 264 g/mol. The Hall–Kier alpha value is -2.04. The van der Waals surface area contributed by atoms with Gasteiger partial charge in [0.05, 0.1) is 11.3 Å². The fourth-order valence-electron chi connectivity index (χ4n) is 1.88. The molecular weight excluding hydrogens is 250 g/mol. The highest BCUT2D eigenvalue weighted by Gasteiger charge is 2.16. The summed E-state index contributed by atoms with van der Waals surface area (Å²) in [6.45, 7) is 3.47. The van der Waals surface area contributed by atoms with Gasteiger partial charge in [-0.1, -0.05) is 13.0 Å². The quantitative estimate of drug-likeness (QED) is 0.926. The second kappa shape index (κ2) is 5.30. The Labute approximate surface area is 109 Å². The van der Waals surface area contributed by atoms with Gasteiger partial charge in [0.25, 0.3) is 5.56 Å². The van der Waals surface area contributed by atoms with Crippen LogP contribution in [0, 0.1) is 18.6 Å². The smallest absolute Gasteiger partial charge is 0.251 e. The van der Waals surface area contributed by atoms with E-state index in [4.69, 9.17) is 0 Å². The summed E-state index contributed by atoms with van der Waals surface area (Å²) in [5, 5.41) is 0. The Morgan fingerprint density at radius 1 is 1.32 bits per heavy atom. The molecule has 0 saturated heterocycles. The van der Waals surface area contributed by atoms with Crippen molar-refractivity contribution in [1.82, 2.24) is 9.97 Å². The number of nitrogens with one attached hydrogen (secondary N) is 1. The van der Waals surface area contributed by atoms with Gasteiger partial charge in [0.2, 0.25) is 0 Å². The Bertz CT molecular complexity index is 665. The first-order chi connectivity index (χ1) is 9.02. The minimum absolute atomic E-state index is 0.0332. The van der Waals surface area contributed by atoms with Gasteiger partial charge in [-0.25, -0.2) is 13.8 Å². The monoisotopic (exact) mass is 264 g/mol. The van der Waals surface area contributed by atoms with E-state index in [1.807, 2.05) is 6.92 Å². The first kappa shape index (κ1) is 13.4. The van der Waals surface area contributed by atoms with Gasteiger partial charge in [0, 0.05) is 12.5 Å². The molecule has 1 aromatic carbocycles. The number of benzene rings is 1. The van der Waals surface area contributed by atoms with Crippen molar-refractivity contribution in [3.05, 3.63) is 51.6 Å². The van der Waals surface area contributed by atoms with E-state index in [0.717, 1.165) is 12.5 Å². The first-order valence-electron chi connectivity index (χ1n) is 6.08. The fraction of sp³-hybridized carbons (Fsp3) is 0.286. The molecule has 3 nitrogen and oxygen atoms in total. The third-order valence-electron chi connectivity index (χ3n) is 2.82. The molecule has 0 atom stereocenters. The molecular formula is C14H14F2N2O. The second-order valence-electron chi connectivity index (χ2n) is 4.38. The van der Waals surface area contributed by atoms with Crippen molar-refractivity contribution in [2.45, 2.75) is 26.7 Å². The molecule has 2 aromatic rings. The molecule has 0 radical (unpaired) electrons. The van der Waals surface area contributed by atoms with Crippen LogP contribution in [-0.4, -0.2) is 9.97 Å². The maximum atomic E-state index is 14.0. The van der Waals surface area contributed by atoms with Crippen LogP contribution in [0.3, 0.4) is 0 Å². The largest absolute Gasteiger partial charge is 0.311 e. The van der Waals surface area contributed by atoms with E-state index in [2.05, 4.69) is 9.97 Å². The fourth-order valence-corrected chi connectivity index (χ4v) is 1.88. The molecule has 1 N–H and O–H groups in total. The van der Waals surface area contributed by atoms with E-state index in [1.54, 1.807) is 6.92 Å². The zero-order valence-corrected chi connectivity index (χ0v) is 10.8. The molecule has 1 heterocycles. The Morgan fingerprint density at radius 3 is 2.74 bits per heavy atom. The molecule has 0 spiro atoms. The normalized spacial score (nSPS) is 10.7. The number of H-pyrrole nitrogens is 1. The molecule has 19 heavy (non-hydrogen) atoms.